The molecule has 0 bridgehead atoms. The molecule has 86 valence electrons. The Morgan fingerprint density at radius 2 is 1.21 bits per heavy atom. The van der Waals surface area contributed by atoms with Gasteiger partial charge in [0.05, 0.1) is 0 Å². The second-order valence-corrected chi connectivity index (χ2v) is 3.09. The highest BCUT2D eigenvalue weighted by atomic mass is 19.4. The summed E-state index contributed by atoms with van der Waals surface area (Å²) < 4.78 is 29.0. The minimum absolute atomic E-state index is 0.369. The Hall–Kier alpha value is -0.185. The van der Waals surface area contributed by atoms with Crippen LogP contribution in [-0.4, -0.2) is 19.3 Å². The van der Waals surface area contributed by atoms with Crippen LogP contribution in [0.3, 0.4) is 0 Å². The molecule has 0 aliphatic carbocycles. The topological polar surface area (TPSA) is 20.2 Å². The van der Waals surface area contributed by atoms with Crippen LogP contribution < -0.4 is 0 Å². The van der Waals surface area contributed by atoms with Gasteiger partial charge in [0, 0.05) is 6.61 Å². The van der Waals surface area contributed by atoms with Crippen LogP contribution in [0.25, 0.3) is 0 Å². The lowest BCUT2D eigenvalue weighted by Crippen LogP contribution is -1.83. The SMILES string of the molecule is CCCCCCCCCO.FB(F)F. The van der Waals surface area contributed by atoms with Crippen molar-refractivity contribution in [2.75, 3.05) is 6.61 Å². The molecule has 5 heteroatoms. The second kappa shape index (κ2) is 15.3. The molecular formula is C9H20BF3O. The van der Waals surface area contributed by atoms with Gasteiger partial charge in [0.15, 0.2) is 0 Å². The van der Waals surface area contributed by atoms with Crippen molar-refractivity contribution in [3.05, 3.63) is 0 Å². The standard InChI is InChI=1S/C9H20O.BF3/c1-2-3-4-5-6-7-8-9-10;2-1(3)4/h10H,2-9H2,1H3;. The molecule has 0 aliphatic heterocycles. The van der Waals surface area contributed by atoms with Crippen molar-refractivity contribution >= 4 is 7.54 Å². The zero-order valence-electron chi connectivity index (χ0n) is 8.82. The van der Waals surface area contributed by atoms with Crippen LogP contribution >= 0.6 is 0 Å². The number of unbranched alkanes of at least 4 members (excludes halogenated alkanes) is 6. The van der Waals surface area contributed by atoms with E-state index in [1.165, 1.54) is 38.5 Å². The summed E-state index contributed by atoms with van der Waals surface area (Å²) in [7, 11) is -3.67. The molecule has 0 aliphatic rings. The Balaban J connectivity index is 0. The first-order chi connectivity index (χ1) is 6.65. The molecule has 0 amide bonds. The van der Waals surface area contributed by atoms with Crippen molar-refractivity contribution in [1.82, 2.24) is 0 Å². The van der Waals surface area contributed by atoms with Crippen LogP contribution in [0.1, 0.15) is 51.9 Å². The summed E-state index contributed by atoms with van der Waals surface area (Å²) >= 11 is 0. The van der Waals surface area contributed by atoms with Gasteiger partial charge in [-0.25, -0.2) is 0 Å². The summed E-state index contributed by atoms with van der Waals surface area (Å²) in [5, 5.41) is 8.47. The smallest absolute Gasteiger partial charge is 0.396 e. The molecule has 0 aromatic rings. The van der Waals surface area contributed by atoms with Crippen LogP contribution in [0.4, 0.5) is 12.9 Å². The number of hydrogen-bond acceptors (Lipinski definition) is 1. The fraction of sp³-hybridized carbons (Fsp3) is 1.00. The molecule has 0 heterocycles. The van der Waals surface area contributed by atoms with E-state index >= 15 is 0 Å². The molecule has 0 saturated heterocycles. The molecule has 14 heavy (non-hydrogen) atoms. The molecule has 0 aromatic carbocycles. The van der Waals surface area contributed by atoms with E-state index in [0.717, 1.165) is 6.42 Å². The van der Waals surface area contributed by atoms with E-state index in [4.69, 9.17) is 5.11 Å². The first-order valence-electron chi connectivity index (χ1n) is 5.18. The summed E-state index contributed by atoms with van der Waals surface area (Å²) in [6.45, 7) is 2.60. The van der Waals surface area contributed by atoms with Gasteiger partial charge in [-0.1, -0.05) is 45.4 Å². The van der Waals surface area contributed by atoms with Crippen LogP contribution in [-0.2, 0) is 0 Å². The van der Waals surface area contributed by atoms with Crippen LogP contribution in [0.15, 0.2) is 0 Å². The maximum Gasteiger partial charge on any atom is 0.762 e. The Bertz CT molecular complexity index is 83.4. The number of aliphatic hydroxyl groups excluding tert-OH is 1. The molecule has 1 N–H and O–H groups in total. The molecule has 0 fully saturated rings. The minimum Gasteiger partial charge on any atom is -0.396 e. The molecule has 0 rings (SSSR count). The van der Waals surface area contributed by atoms with Crippen molar-refractivity contribution in [2.24, 2.45) is 0 Å². The third kappa shape index (κ3) is 29.8. The zero-order valence-corrected chi connectivity index (χ0v) is 8.82. The highest BCUT2D eigenvalue weighted by Crippen LogP contribution is 2.05. The van der Waals surface area contributed by atoms with E-state index in [9.17, 15) is 12.9 Å². The van der Waals surface area contributed by atoms with E-state index in [2.05, 4.69) is 6.92 Å². The lowest BCUT2D eigenvalue weighted by atomic mass is 10.1. The average molecular weight is 212 g/mol. The average Bonchev–Trinajstić information content (AvgIpc) is 2.10. The molecule has 0 atom stereocenters. The van der Waals surface area contributed by atoms with Gasteiger partial charge in [0.2, 0.25) is 0 Å². The van der Waals surface area contributed by atoms with Crippen LogP contribution in [0.5, 0.6) is 0 Å². The monoisotopic (exact) mass is 212 g/mol. The van der Waals surface area contributed by atoms with Gasteiger partial charge >= 0.3 is 7.54 Å². The third-order valence-corrected chi connectivity index (χ3v) is 1.76. The van der Waals surface area contributed by atoms with Crippen LogP contribution in [0.2, 0.25) is 0 Å². The highest BCUT2D eigenvalue weighted by molar-refractivity contribution is 6.33. The van der Waals surface area contributed by atoms with Crippen molar-refractivity contribution in [3.63, 3.8) is 0 Å². The minimum atomic E-state index is -3.67. The number of hydrogen-bond donors (Lipinski definition) is 1. The quantitative estimate of drug-likeness (QED) is 0.504. The summed E-state index contributed by atoms with van der Waals surface area (Å²) in [4.78, 5) is 0. The van der Waals surface area contributed by atoms with Crippen molar-refractivity contribution < 1.29 is 18.1 Å². The Morgan fingerprint density at radius 3 is 1.57 bits per heavy atom. The van der Waals surface area contributed by atoms with Gasteiger partial charge in [-0.05, 0) is 6.42 Å². The molecule has 0 saturated carbocycles. The van der Waals surface area contributed by atoms with Crippen molar-refractivity contribution in [1.29, 1.82) is 0 Å². The molecule has 1 nitrogen and oxygen atoms in total. The van der Waals surface area contributed by atoms with Gasteiger partial charge in [-0.2, -0.15) is 0 Å². The third-order valence-electron chi connectivity index (χ3n) is 1.76. The summed E-state index contributed by atoms with van der Waals surface area (Å²) in [6.07, 6.45) is 8.93. The molecule has 0 radical (unpaired) electrons. The normalized spacial score (nSPS) is 9.21. The maximum absolute atomic E-state index is 9.67. The fourth-order valence-corrected chi connectivity index (χ4v) is 1.07. The van der Waals surface area contributed by atoms with Crippen LogP contribution in [0, 0.1) is 0 Å². The van der Waals surface area contributed by atoms with E-state index in [1.54, 1.807) is 0 Å². The molecule has 0 unspecified atom stereocenters. The lowest BCUT2D eigenvalue weighted by molar-refractivity contribution is 0.282. The molecule has 0 aromatic heterocycles. The lowest BCUT2D eigenvalue weighted by Gasteiger charge is -1.97. The van der Waals surface area contributed by atoms with Gasteiger partial charge in [0.25, 0.3) is 0 Å². The van der Waals surface area contributed by atoms with E-state index in [1.807, 2.05) is 0 Å². The molecule has 0 spiro atoms. The van der Waals surface area contributed by atoms with Gasteiger partial charge in [-0.3, -0.25) is 12.9 Å². The zero-order chi connectivity index (χ0) is 11.2. The van der Waals surface area contributed by atoms with E-state index in [0.29, 0.717) is 6.61 Å². The first kappa shape index (κ1) is 16.3. The molecular weight excluding hydrogens is 192 g/mol. The van der Waals surface area contributed by atoms with E-state index < -0.39 is 7.54 Å². The largest absolute Gasteiger partial charge is 0.762 e. The number of halogens is 3. The Morgan fingerprint density at radius 1 is 0.857 bits per heavy atom. The summed E-state index contributed by atoms with van der Waals surface area (Å²) in [5.74, 6) is 0. The van der Waals surface area contributed by atoms with Gasteiger partial charge in [-0.15, -0.1) is 0 Å². The highest BCUT2D eigenvalue weighted by Gasteiger charge is 2.06. The van der Waals surface area contributed by atoms with Crippen molar-refractivity contribution in [3.8, 4) is 0 Å². The number of aliphatic hydroxyl groups is 1. The van der Waals surface area contributed by atoms with E-state index in [-0.39, 0.29) is 0 Å². The Labute approximate surface area is 84.9 Å². The predicted octanol–water partition coefficient (Wildman–Crippen LogP) is 3.61. The second-order valence-electron chi connectivity index (χ2n) is 3.09. The summed E-state index contributed by atoms with van der Waals surface area (Å²) in [6, 6.07) is 0. The predicted molar refractivity (Wildman–Crippen MR) is 54.2 cm³/mol. The number of rotatable bonds is 7. The maximum atomic E-state index is 9.67. The van der Waals surface area contributed by atoms with Crippen molar-refractivity contribution in [2.45, 2.75) is 51.9 Å². The van der Waals surface area contributed by atoms with Gasteiger partial charge < -0.3 is 5.11 Å². The summed E-state index contributed by atoms with van der Waals surface area (Å²) in [5.41, 5.74) is 0. The Kier molecular flexibility index (Phi) is 17.8. The fourth-order valence-electron chi connectivity index (χ4n) is 1.07. The van der Waals surface area contributed by atoms with Gasteiger partial charge in [0.1, 0.15) is 0 Å². The first-order valence-corrected chi connectivity index (χ1v) is 5.18.